The van der Waals surface area contributed by atoms with Crippen molar-refractivity contribution in [1.29, 1.82) is 0 Å². The highest BCUT2D eigenvalue weighted by Gasteiger charge is 2.16. The molecule has 2 rings (SSSR count). The topological polar surface area (TPSA) is 165 Å². The van der Waals surface area contributed by atoms with Gasteiger partial charge in [0.15, 0.2) is 10.2 Å². The number of hydrazone groups is 1. The second-order valence-corrected chi connectivity index (χ2v) is 8.13. The number of aryl methyl sites for hydroxylation is 1. The Morgan fingerprint density at radius 3 is 2.53 bits per heavy atom. The Morgan fingerprint density at radius 1 is 1.31 bits per heavy atom. The maximum Gasteiger partial charge on any atom is 0.327 e. The van der Waals surface area contributed by atoms with Gasteiger partial charge in [-0.05, 0) is 42.9 Å². The highest BCUT2D eigenvalue weighted by molar-refractivity contribution is 7.80. The minimum absolute atomic E-state index is 0.0190. The first kappa shape index (κ1) is 24.6. The number of nitrogens with one attached hydrogen (secondary N) is 3. The maximum absolute atomic E-state index is 12.0. The van der Waals surface area contributed by atoms with Gasteiger partial charge in [-0.15, -0.1) is 0 Å². The van der Waals surface area contributed by atoms with E-state index in [0.717, 1.165) is 11.3 Å². The standard InChI is InChI=1S/C19H21N7O4S2/c1-10(2)16(27)22-18(28)23-19-21-11(3)15(32-19)14(24-25-17(20)31)9-6-12-4-7-13(8-5-12)26(29)30/h4-10H,1-3H3,(H3,20,25,31)(H2,21,22,23,27,28). The normalized spacial score (nSPS) is 11.4. The van der Waals surface area contributed by atoms with Crippen LogP contribution in [0, 0.1) is 23.0 Å². The van der Waals surface area contributed by atoms with E-state index in [1.807, 2.05) is 0 Å². The largest absolute Gasteiger partial charge is 0.375 e. The van der Waals surface area contributed by atoms with Crippen LogP contribution in [0.2, 0.25) is 0 Å². The molecule has 0 aliphatic rings. The lowest BCUT2D eigenvalue weighted by Gasteiger charge is -2.06. The fourth-order valence-electron chi connectivity index (χ4n) is 2.23. The molecule has 32 heavy (non-hydrogen) atoms. The molecule has 0 saturated carbocycles. The molecule has 0 aliphatic heterocycles. The molecule has 1 aromatic heterocycles. The van der Waals surface area contributed by atoms with Gasteiger partial charge in [0, 0.05) is 18.1 Å². The average molecular weight is 476 g/mol. The Labute approximate surface area is 192 Å². The van der Waals surface area contributed by atoms with Crippen LogP contribution in [-0.2, 0) is 4.79 Å². The summed E-state index contributed by atoms with van der Waals surface area (Å²) in [6.45, 7) is 5.07. The molecule has 5 N–H and O–H groups in total. The Hall–Kier alpha value is -3.71. The molecule has 0 atom stereocenters. The number of nitro groups is 1. The van der Waals surface area contributed by atoms with Crippen LogP contribution in [0.1, 0.15) is 30.0 Å². The van der Waals surface area contributed by atoms with Gasteiger partial charge in [0.1, 0.15) is 5.71 Å². The van der Waals surface area contributed by atoms with Crippen molar-refractivity contribution in [2.24, 2.45) is 16.8 Å². The van der Waals surface area contributed by atoms with E-state index < -0.39 is 16.9 Å². The summed E-state index contributed by atoms with van der Waals surface area (Å²) in [5.41, 5.74) is 9.64. The van der Waals surface area contributed by atoms with E-state index in [1.54, 1.807) is 45.1 Å². The molecule has 0 saturated heterocycles. The van der Waals surface area contributed by atoms with Crippen LogP contribution >= 0.6 is 23.6 Å². The van der Waals surface area contributed by atoms with Gasteiger partial charge in [-0.3, -0.25) is 31.0 Å². The summed E-state index contributed by atoms with van der Waals surface area (Å²) in [5, 5.41) is 19.9. The van der Waals surface area contributed by atoms with E-state index >= 15 is 0 Å². The number of allylic oxidation sites excluding steroid dienone is 1. The quantitative estimate of drug-likeness (QED) is 0.205. The number of nitrogens with two attached hydrogens (primary N) is 1. The summed E-state index contributed by atoms with van der Waals surface area (Å²) in [5.74, 6) is -0.756. The summed E-state index contributed by atoms with van der Waals surface area (Å²) in [6, 6.07) is 5.28. The molecule has 0 radical (unpaired) electrons. The van der Waals surface area contributed by atoms with Crippen molar-refractivity contribution < 1.29 is 14.5 Å². The number of nitrogens with zero attached hydrogens (tertiary/aromatic N) is 3. The summed E-state index contributed by atoms with van der Waals surface area (Å²) < 4.78 is 0. The molecule has 0 unspecified atom stereocenters. The van der Waals surface area contributed by atoms with E-state index in [-0.39, 0.29) is 21.8 Å². The fraction of sp³-hybridized carbons (Fsp3) is 0.211. The second-order valence-electron chi connectivity index (χ2n) is 6.69. The summed E-state index contributed by atoms with van der Waals surface area (Å²) in [6.07, 6.45) is 3.35. The second kappa shape index (κ2) is 11.1. The fourth-order valence-corrected chi connectivity index (χ4v) is 3.21. The zero-order chi connectivity index (χ0) is 23.8. The smallest absolute Gasteiger partial charge is 0.327 e. The van der Waals surface area contributed by atoms with E-state index in [9.17, 15) is 19.7 Å². The molecule has 1 heterocycles. The lowest BCUT2D eigenvalue weighted by molar-refractivity contribution is -0.384. The van der Waals surface area contributed by atoms with Crippen molar-refractivity contribution in [3.63, 3.8) is 0 Å². The van der Waals surface area contributed by atoms with Crippen LogP contribution in [0.15, 0.2) is 35.4 Å². The number of rotatable bonds is 7. The molecular weight excluding hydrogens is 454 g/mol. The molecule has 13 heteroatoms. The number of amides is 3. The molecule has 0 bridgehead atoms. The number of carbonyl (C=O) groups is 2. The molecule has 0 spiro atoms. The third-order valence-corrected chi connectivity index (χ3v) is 5.02. The maximum atomic E-state index is 12.0. The zero-order valence-electron chi connectivity index (χ0n) is 17.4. The van der Waals surface area contributed by atoms with Crippen LogP contribution < -0.4 is 21.8 Å². The zero-order valence-corrected chi connectivity index (χ0v) is 19.0. The lowest BCUT2D eigenvalue weighted by atomic mass is 10.1. The number of imide groups is 1. The summed E-state index contributed by atoms with van der Waals surface area (Å²) in [7, 11) is 0. The number of anilines is 1. The average Bonchev–Trinajstić information content (AvgIpc) is 3.07. The van der Waals surface area contributed by atoms with Gasteiger partial charge in [-0.25, -0.2) is 9.78 Å². The Bertz CT molecular complexity index is 1090. The number of benzene rings is 1. The highest BCUT2D eigenvalue weighted by Crippen LogP contribution is 2.24. The molecule has 168 valence electrons. The van der Waals surface area contributed by atoms with E-state index in [1.165, 1.54) is 12.1 Å². The minimum atomic E-state index is -0.690. The van der Waals surface area contributed by atoms with Gasteiger partial charge in [-0.2, -0.15) is 5.10 Å². The van der Waals surface area contributed by atoms with Crippen LogP contribution in [0.25, 0.3) is 6.08 Å². The number of nitro benzene ring substituents is 1. The van der Waals surface area contributed by atoms with E-state index in [4.69, 9.17) is 18.0 Å². The molecule has 0 aliphatic carbocycles. The molecule has 3 amide bonds. The van der Waals surface area contributed by atoms with Gasteiger partial charge in [0.2, 0.25) is 5.91 Å². The molecular formula is C19H21N7O4S2. The van der Waals surface area contributed by atoms with Crippen molar-refractivity contribution >= 4 is 63.2 Å². The van der Waals surface area contributed by atoms with Crippen molar-refractivity contribution in [3.05, 3.63) is 56.6 Å². The predicted molar refractivity (Wildman–Crippen MR) is 127 cm³/mol. The minimum Gasteiger partial charge on any atom is -0.375 e. The SMILES string of the molecule is Cc1nc(NC(=O)NC(=O)C(C)C)sc1C(C=Cc1ccc([N+](=O)[O-])cc1)=NNC(N)=S. The lowest BCUT2D eigenvalue weighted by Crippen LogP contribution is -2.36. The number of non-ortho nitro benzene ring substituents is 1. The van der Waals surface area contributed by atoms with Gasteiger partial charge in [0.25, 0.3) is 5.69 Å². The molecule has 11 nitrogen and oxygen atoms in total. The number of hydrogen-bond donors (Lipinski definition) is 4. The van der Waals surface area contributed by atoms with E-state index in [0.29, 0.717) is 21.8 Å². The van der Waals surface area contributed by atoms with Gasteiger partial charge in [-0.1, -0.05) is 31.3 Å². The predicted octanol–water partition coefficient (Wildman–Crippen LogP) is 2.91. The summed E-state index contributed by atoms with van der Waals surface area (Å²) >= 11 is 5.93. The molecule has 0 fully saturated rings. The van der Waals surface area contributed by atoms with E-state index in [2.05, 4.69) is 26.1 Å². The monoisotopic (exact) mass is 475 g/mol. The summed E-state index contributed by atoms with van der Waals surface area (Å²) in [4.78, 5) is 38.9. The van der Waals surface area contributed by atoms with Crippen molar-refractivity contribution in [2.75, 3.05) is 5.32 Å². The van der Waals surface area contributed by atoms with Crippen molar-refractivity contribution in [1.82, 2.24) is 15.7 Å². The Kier molecular flexibility index (Phi) is 8.49. The molecule has 1 aromatic carbocycles. The number of urea groups is 1. The Balaban J connectivity index is 2.26. The first-order chi connectivity index (χ1) is 15.1. The number of carbonyl (C=O) groups excluding carboxylic acids is 2. The highest BCUT2D eigenvalue weighted by atomic mass is 32.1. The third kappa shape index (κ3) is 7.21. The molecule has 2 aromatic rings. The first-order valence-electron chi connectivity index (χ1n) is 9.22. The number of hydrogen-bond acceptors (Lipinski definition) is 8. The van der Waals surface area contributed by atoms with Gasteiger partial charge in [0.05, 0.1) is 15.5 Å². The third-order valence-electron chi connectivity index (χ3n) is 3.83. The van der Waals surface area contributed by atoms with Gasteiger partial charge >= 0.3 is 6.03 Å². The van der Waals surface area contributed by atoms with Crippen molar-refractivity contribution in [2.45, 2.75) is 20.8 Å². The number of aromatic nitrogens is 1. The Morgan fingerprint density at radius 2 is 1.97 bits per heavy atom. The van der Waals surface area contributed by atoms with Crippen molar-refractivity contribution in [3.8, 4) is 0 Å². The van der Waals surface area contributed by atoms with Crippen LogP contribution in [0.5, 0.6) is 0 Å². The first-order valence-corrected chi connectivity index (χ1v) is 10.4. The van der Waals surface area contributed by atoms with Crippen LogP contribution in [-0.4, -0.2) is 32.7 Å². The van der Waals surface area contributed by atoms with Crippen LogP contribution in [0.4, 0.5) is 15.6 Å². The number of thiocarbonyl (C=S) groups is 1. The van der Waals surface area contributed by atoms with Gasteiger partial charge < -0.3 is 5.73 Å². The number of thiazole rings is 1. The van der Waals surface area contributed by atoms with Crippen LogP contribution in [0.3, 0.4) is 0 Å².